The van der Waals surface area contributed by atoms with E-state index in [0.29, 0.717) is 10.7 Å². The van der Waals surface area contributed by atoms with Crippen molar-refractivity contribution in [2.24, 2.45) is 5.92 Å². The monoisotopic (exact) mass is 417 g/mol. The summed E-state index contributed by atoms with van der Waals surface area (Å²) >= 11 is 1.37. The van der Waals surface area contributed by atoms with E-state index in [9.17, 15) is 18.0 Å². The number of nitrogens with zero attached hydrogens (tertiary/aromatic N) is 1. The molecule has 0 atom stereocenters. The summed E-state index contributed by atoms with van der Waals surface area (Å²) in [4.78, 5) is 24.3. The number of carbonyl (C=O) groups is 2. The number of amides is 2. The maximum atomic E-state index is 12.9. The van der Waals surface area contributed by atoms with Crippen LogP contribution in [0.3, 0.4) is 0 Å². The zero-order chi connectivity index (χ0) is 19.9. The van der Waals surface area contributed by atoms with E-state index in [0.717, 1.165) is 23.3 Å². The largest absolute Gasteiger partial charge is 0.326 e. The number of thiophene rings is 1. The quantitative estimate of drug-likeness (QED) is 0.707. The number of benzene rings is 1. The fraction of sp³-hybridized carbons (Fsp3) is 0.263. The first-order chi connectivity index (χ1) is 13.4. The third kappa shape index (κ3) is 3.73. The number of rotatable bonds is 6. The summed E-state index contributed by atoms with van der Waals surface area (Å²) in [5.41, 5.74) is 1.49. The second-order valence-corrected chi connectivity index (χ2v) is 9.89. The molecule has 2 N–H and O–H groups in total. The molecule has 1 aliphatic heterocycles. The van der Waals surface area contributed by atoms with Crippen LogP contribution in [-0.2, 0) is 32.7 Å². The summed E-state index contributed by atoms with van der Waals surface area (Å²) in [6.07, 6.45) is 3.02. The average Bonchev–Trinajstić information content (AvgIpc) is 3.34. The molecule has 2 aliphatic rings. The van der Waals surface area contributed by atoms with Crippen molar-refractivity contribution in [3.05, 3.63) is 53.4 Å². The van der Waals surface area contributed by atoms with Gasteiger partial charge in [0.2, 0.25) is 21.8 Å². The Labute approximate surface area is 167 Å². The smallest absolute Gasteiger partial charge is 0.248 e. The lowest BCUT2D eigenvalue weighted by Gasteiger charge is -2.16. The second-order valence-electron chi connectivity index (χ2n) is 6.81. The van der Waals surface area contributed by atoms with Gasteiger partial charge in [-0.2, -0.15) is 4.31 Å². The van der Waals surface area contributed by atoms with Gasteiger partial charge in [-0.25, -0.2) is 8.42 Å². The minimum Gasteiger partial charge on any atom is -0.326 e. The van der Waals surface area contributed by atoms with E-state index in [1.165, 1.54) is 33.9 Å². The highest BCUT2D eigenvalue weighted by atomic mass is 32.2. The van der Waals surface area contributed by atoms with Crippen molar-refractivity contribution in [1.82, 2.24) is 4.31 Å². The molecular formula is C19H19N3O4S2. The zero-order valence-electron chi connectivity index (χ0n) is 15.0. The molecule has 0 radical (unpaired) electrons. The van der Waals surface area contributed by atoms with Crippen LogP contribution in [0.2, 0.25) is 0 Å². The van der Waals surface area contributed by atoms with Crippen LogP contribution >= 0.6 is 11.3 Å². The van der Waals surface area contributed by atoms with Crippen LogP contribution in [0.15, 0.2) is 47.9 Å². The molecule has 2 aromatic rings. The maximum absolute atomic E-state index is 12.9. The highest BCUT2D eigenvalue weighted by molar-refractivity contribution is 7.89. The third-order valence-corrected chi connectivity index (χ3v) is 7.59. The van der Waals surface area contributed by atoms with Gasteiger partial charge in [0.15, 0.2) is 0 Å². The Morgan fingerprint density at radius 3 is 2.46 bits per heavy atom. The standard InChI is InChI=1S/C19H19N3O4S2/c1-2-17(23)21-18-9-13-10-22(11-16(13)27-18)28(25,26)15-7-5-14(6-8-15)20-19(24)12-3-4-12/h2,5-9,12H,1,3-4,10-11H2,(H,20,24)(H,21,23). The summed E-state index contributed by atoms with van der Waals surface area (Å²) in [6, 6.07) is 8.05. The lowest BCUT2D eigenvalue weighted by molar-refractivity contribution is -0.117. The van der Waals surface area contributed by atoms with Gasteiger partial charge in [0.25, 0.3) is 0 Å². The fourth-order valence-corrected chi connectivity index (χ4v) is 5.55. The fourth-order valence-electron chi connectivity index (χ4n) is 2.99. The van der Waals surface area contributed by atoms with Crippen molar-refractivity contribution < 1.29 is 18.0 Å². The topological polar surface area (TPSA) is 95.6 Å². The lowest BCUT2D eigenvalue weighted by atomic mass is 10.3. The van der Waals surface area contributed by atoms with Gasteiger partial charge in [0.05, 0.1) is 9.90 Å². The molecule has 146 valence electrons. The zero-order valence-corrected chi connectivity index (χ0v) is 16.6. The van der Waals surface area contributed by atoms with Crippen molar-refractivity contribution in [2.45, 2.75) is 30.8 Å². The molecule has 1 saturated carbocycles. The first-order valence-corrected chi connectivity index (χ1v) is 11.1. The van der Waals surface area contributed by atoms with Crippen LogP contribution in [-0.4, -0.2) is 24.5 Å². The molecule has 28 heavy (non-hydrogen) atoms. The molecule has 0 bridgehead atoms. The Morgan fingerprint density at radius 2 is 1.86 bits per heavy atom. The maximum Gasteiger partial charge on any atom is 0.248 e. The van der Waals surface area contributed by atoms with Crippen LogP contribution in [0.4, 0.5) is 10.7 Å². The molecule has 7 nitrogen and oxygen atoms in total. The van der Waals surface area contributed by atoms with Crippen LogP contribution in [0.1, 0.15) is 23.3 Å². The highest BCUT2D eigenvalue weighted by Crippen LogP contribution is 2.37. The summed E-state index contributed by atoms with van der Waals surface area (Å²) < 4.78 is 27.3. The van der Waals surface area contributed by atoms with Gasteiger partial charge in [0.1, 0.15) is 0 Å². The van der Waals surface area contributed by atoms with Crippen molar-refractivity contribution in [3.8, 4) is 0 Å². The Bertz CT molecular complexity index is 1030. The first-order valence-electron chi connectivity index (χ1n) is 8.83. The molecule has 0 unspecified atom stereocenters. The number of hydrogen-bond donors (Lipinski definition) is 2. The van der Waals surface area contributed by atoms with E-state index in [1.807, 2.05) is 0 Å². The Kier molecular flexibility index (Phi) is 4.82. The Morgan fingerprint density at radius 1 is 1.14 bits per heavy atom. The summed E-state index contributed by atoms with van der Waals surface area (Å²) in [6.45, 7) is 3.95. The SMILES string of the molecule is C=CC(=O)Nc1cc2c(s1)CN(S(=O)(=O)c1ccc(NC(=O)C3CC3)cc1)C2. The van der Waals surface area contributed by atoms with E-state index in [2.05, 4.69) is 17.2 Å². The van der Waals surface area contributed by atoms with Crippen molar-refractivity contribution in [3.63, 3.8) is 0 Å². The molecule has 1 aromatic carbocycles. The van der Waals surface area contributed by atoms with Gasteiger partial charge in [-0.05, 0) is 54.8 Å². The minimum atomic E-state index is -3.64. The van der Waals surface area contributed by atoms with Gasteiger partial charge in [0, 0.05) is 29.6 Å². The van der Waals surface area contributed by atoms with Crippen molar-refractivity contribution >= 4 is 43.9 Å². The van der Waals surface area contributed by atoms with Gasteiger partial charge in [-0.15, -0.1) is 11.3 Å². The van der Waals surface area contributed by atoms with Gasteiger partial charge in [-0.3, -0.25) is 9.59 Å². The molecule has 9 heteroatoms. The van der Waals surface area contributed by atoms with Crippen LogP contribution < -0.4 is 10.6 Å². The van der Waals surface area contributed by atoms with Crippen molar-refractivity contribution in [2.75, 3.05) is 10.6 Å². The molecule has 1 aliphatic carbocycles. The predicted octanol–water partition coefficient (Wildman–Crippen LogP) is 2.93. The van der Waals surface area contributed by atoms with Gasteiger partial charge >= 0.3 is 0 Å². The summed E-state index contributed by atoms with van der Waals surface area (Å²) in [5.74, 6) is -0.217. The van der Waals surface area contributed by atoms with Gasteiger partial charge in [-0.1, -0.05) is 6.58 Å². The number of hydrogen-bond acceptors (Lipinski definition) is 5. The highest BCUT2D eigenvalue weighted by Gasteiger charge is 2.33. The lowest BCUT2D eigenvalue weighted by Crippen LogP contribution is -2.25. The molecule has 0 saturated heterocycles. The number of sulfonamides is 1. The molecule has 4 rings (SSSR count). The van der Waals surface area contributed by atoms with Crippen LogP contribution in [0.5, 0.6) is 0 Å². The third-order valence-electron chi connectivity index (χ3n) is 4.70. The first kappa shape index (κ1) is 18.9. The van der Waals surface area contributed by atoms with Crippen LogP contribution in [0.25, 0.3) is 0 Å². The molecular weight excluding hydrogens is 398 g/mol. The van der Waals surface area contributed by atoms with E-state index in [4.69, 9.17) is 0 Å². The van der Waals surface area contributed by atoms with E-state index in [1.54, 1.807) is 18.2 Å². The summed E-state index contributed by atoms with van der Waals surface area (Å²) in [5, 5.41) is 6.18. The number of carbonyl (C=O) groups excluding carboxylic acids is 2. The Balaban J connectivity index is 1.44. The number of fused-ring (bicyclic) bond motifs is 1. The number of anilines is 2. The summed E-state index contributed by atoms with van der Waals surface area (Å²) in [7, 11) is -3.64. The molecule has 2 heterocycles. The molecule has 1 fully saturated rings. The van der Waals surface area contributed by atoms with Crippen LogP contribution in [0, 0.1) is 5.92 Å². The molecule has 1 aromatic heterocycles. The molecule has 2 amide bonds. The van der Waals surface area contributed by atoms with E-state index < -0.39 is 10.0 Å². The minimum absolute atomic E-state index is 0.0149. The second kappa shape index (κ2) is 7.16. The van der Waals surface area contributed by atoms with Gasteiger partial charge < -0.3 is 10.6 Å². The average molecular weight is 418 g/mol. The number of nitrogens with one attached hydrogen (secondary N) is 2. The van der Waals surface area contributed by atoms with Crippen molar-refractivity contribution in [1.29, 1.82) is 0 Å². The normalized spacial score (nSPS) is 16.4. The van der Waals surface area contributed by atoms with E-state index in [-0.39, 0.29) is 35.7 Å². The van der Waals surface area contributed by atoms with E-state index >= 15 is 0 Å². The predicted molar refractivity (Wildman–Crippen MR) is 107 cm³/mol. The molecule has 0 spiro atoms. The Hall–Kier alpha value is -2.49.